The fourth-order valence-corrected chi connectivity index (χ4v) is 2.19. The second kappa shape index (κ2) is 4.16. The van der Waals surface area contributed by atoms with E-state index in [2.05, 4.69) is 20.4 Å². The largest absolute Gasteiger partial charge is 0.364 e. The summed E-state index contributed by atoms with van der Waals surface area (Å²) in [5.74, 6) is 1.77. The number of fused-ring (bicyclic) bond motifs is 1. The Balaban J connectivity index is 1.75. The first-order valence-electron chi connectivity index (χ1n) is 5.82. The first kappa shape index (κ1) is 10.3. The van der Waals surface area contributed by atoms with Crippen molar-refractivity contribution in [2.75, 3.05) is 5.32 Å². The summed E-state index contributed by atoms with van der Waals surface area (Å²) >= 11 is 0. The lowest BCUT2D eigenvalue weighted by atomic mass is 10.2. The van der Waals surface area contributed by atoms with E-state index in [1.807, 2.05) is 13.0 Å². The molecule has 2 heterocycles. The lowest BCUT2D eigenvalue weighted by Gasteiger charge is -2.07. The number of aryl methyl sites for hydroxylation is 2. The van der Waals surface area contributed by atoms with E-state index in [0.717, 1.165) is 30.1 Å². The SMILES string of the molecule is Cc1cc(CNc2ncnc3c2CCC3)no1. The molecule has 0 atom stereocenters. The van der Waals surface area contributed by atoms with Gasteiger partial charge < -0.3 is 9.84 Å². The average Bonchev–Trinajstić information content (AvgIpc) is 2.94. The molecule has 0 saturated heterocycles. The van der Waals surface area contributed by atoms with Gasteiger partial charge in [-0.1, -0.05) is 5.16 Å². The van der Waals surface area contributed by atoms with Crippen molar-refractivity contribution in [1.82, 2.24) is 15.1 Å². The van der Waals surface area contributed by atoms with Gasteiger partial charge in [0, 0.05) is 17.3 Å². The van der Waals surface area contributed by atoms with Crippen LogP contribution in [0.4, 0.5) is 5.82 Å². The van der Waals surface area contributed by atoms with Gasteiger partial charge >= 0.3 is 0 Å². The van der Waals surface area contributed by atoms with E-state index in [9.17, 15) is 0 Å². The van der Waals surface area contributed by atoms with Gasteiger partial charge in [0.15, 0.2) is 0 Å². The third kappa shape index (κ3) is 2.00. The standard InChI is InChI=1S/C12H14N4O/c1-8-5-9(16-17-8)6-13-12-10-3-2-4-11(10)14-7-15-12/h5,7H,2-4,6H2,1H3,(H,13,14,15). The van der Waals surface area contributed by atoms with Gasteiger partial charge in [-0.25, -0.2) is 9.97 Å². The summed E-state index contributed by atoms with van der Waals surface area (Å²) in [7, 11) is 0. The van der Waals surface area contributed by atoms with Crippen molar-refractivity contribution in [2.24, 2.45) is 0 Å². The molecule has 5 heteroatoms. The third-order valence-corrected chi connectivity index (χ3v) is 2.99. The number of nitrogens with one attached hydrogen (secondary N) is 1. The highest BCUT2D eigenvalue weighted by molar-refractivity contribution is 5.48. The molecule has 0 amide bonds. The minimum atomic E-state index is 0.640. The molecule has 1 aliphatic rings. The van der Waals surface area contributed by atoms with Crippen LogP contribution in [0.5, 0.6) is 0 Å². The van der Waals surface area contributed by atoms with E-state index in [-0.39, 0.29) is 0 Å². The summed E-state index contributed by atoms with van der Waals surface area (Å²) in [6.07, 6.45) is 4.93. The van der Waals surface area contributed by atoms with Crippen LogP contribution in [0.1, 0.15) is 29.1 Å². The van der Waals surface area contributed by atoms with E-state index in [1.165, 1.54) is 17.7 Å². The molecular weight excluding hydrogens is 216 g/mol. The van der Waals surface area contributed by atoms with Gasteiger partial charge in [-0.3, -0.25) is 0 Å². The molecule has 5 nitrogen and oxygen atoms in total. The normalized spacial score (nSPS) is 13.7. The van der Waals surface area contributed by atoms with Crippen LogP contribution < -0.4 is 5.32 Å². The maximum absolute atomic E-state index is 5.02. The predicted molar refractivity (Wildman–Crippen MR) is 62.6 cm³/mol. The van der Waals surface area contributed by atoms with Gasteiger partial charge in [-0.05, 0) is 26.2 Å². The minimum Gasteiger partial charge on any atom is -0.364 e. The van der Waals surface area contributed by atoms with Crippen LogP contribution in [-0.2, 0) is 19.4 Å². The van der Waals surface area contributed by atoms with Gasteiger partial charge in [0.05, 0.1) is 6.54 Å². The Labute approximate surface area is 99.3 Å². The molecular formula is C12H14N4O. The molecule has 0 bridgehead atoms. The number of nitrogens with zero attached hydrogens (tertiary/aromatic N) is 3. The maximum Gasteiger partial charge on any atom is 0.133 e. The molecule has 2 aromatic rings. The first-order valence-corrected chi connectivity index (χ1v) is 5.82. The smallest absolute Gasteiger partial charge is 0.133 e. The second-order valence-corrected chi connectivity index (χ2v) is 4.28. The van der Waals surface area contributed by atoms with Crippen molar-refractivity contribution in [3.8, 4) is 0 Å². The summed E-state index contributed by atoms with van der Waals surface area (Å²) in [5, 5.41) is 7.24. The van der Waals surface area contributed by atoms with Gasteiger partial charge in [-0.2, -0.15) is 0 Å². The van der Waals surface area contributed by atoms with Gasteiger partial charge in [0.2, 0.25) is 0 Å². The molecule has 1 N–H and O–H groups in total. The first-order chi connectivity index (χ1) is 8.33. The van der Waals surface area contributed by atoms with Crippen LogP contribution in [0.25, 0.3) is 0 Å². The third-order valence-electron chi connectivity index (χ3n) is 2.99. The highest BCUT2D eigenvalue weighted by Gasteiger charge is 2.16. The second-order valence-electron chi connectivity index (χ2n) is 4.28. The topological polar surface area (TPSA) is 63.8 Å². The summed E-state index contributed by atoms with van der Waals surface area (Å²) in [6, 6.07) is 1.93. The van der Waals surface area contributed by atoms with E-state index < -0.39 is 0 Å². The average molecular weight is 230 g/mol. The monoisotopic (exact) mass is 230 g/mol. The van der Waals surface area contributed by atoms with E-state index in [1.54, 1.807) is 6.33 Å². The van der Waals surface area contributed by atoms with Crippen LogP contribution in [0.2, 0.25) is 0 Å². The zero-order chi connectivity index (χ0) is 11.7. The number of hydrogen-bond acceptors (Lipinski definition) is 5. The van der Waals surface area contributed by atoms with Crippen molar-refractivity contribution < 1.29 is 4.52 Å². The maximum atomic E-state index is 5.02. The van der Waals surface area contributed by atoms with Crippen LogP contribution in [0.15, 0.2) is 16.9 Å². The van der Waals surface area contributed by atoms with Crippen LogP contribution in [0, 0.1) is 6.92 Å². The van der Waals surface area contributed by atoms with Crippen molar-refractivity contribution in [3.05, 3.63) is 35.1 Å². The predicted octanol–water partition coefficient (Wildman–Crippen LogP) is 1.87. The quantitative estimate of drug-likeness (QED) is 0.872. The lowest BCUT2D eigenvalue weighted by molar-refractivity contribution is 0.391. The van der Waals surface area contributed by atoms with Gasteiger partial charge in [0.1, 0.15) is 23.6 Å². The van der Waals surface area contributed by atoms with Gasteiger partial charge in [0.25, 0.3) is 0 Å². The molecule has 0 saturated carbocycles. The molecule has 0 aromatic carbocycles. The van der Waals surface area contributed by atoms with Crippen molar-refractivity contribution in [1.29, 1.82) is 0 Å². The van der Waals surface area contributed by atoms with Crippen LogP contribution >= 0.6 is 0 Å². The fourth-order valence-electron chi connectivity index (χ4n) is 2.19. The molecule has 1 aliphatic carbocycles. The van der Waals surface area contributed by atoms with Crippen LogP contribution in [-0.4, -0.2) is 15.1 Å². The number of hydrogen-bond donors (Lipinski definition) is 1. The van der Waals surface area contributed by atoms with E-state index in [4.69, 9.17) is 4.52 Å². The van der Waals surface area contributed by atoms with Crippen molar-refractivity contribution in [2.45, 2.75) is 32.7 Å². The molecule has 0 radical (unpaired) electrons. The molecule has 0 aliphatic heterocycles. The zero-order valence-electron chi connectivity index (χ0n) is 9.73. The Bertz CT molecular complexity index is 535. The van der Waals surface area contributed by atoms with Crippen LogP contribution in [0.3, 0.4) is 0 Å². The molecule has 88 valence electrons. The number of anilines is 1. The Kier molecular flexibility index (Phi) is 2.51. The summed E-state index contributed by atoms with van der Waals surface area (Å²) in [5.41, 5.74) is 3.33. The Morgan fingerprint density at radius 3 is 3.12 bits per heavy atom. The van der Waals surface area contributed by atoms with Gasteiger partial charge in [-0.15, -0.1) is 0 Å². The van der Waals surface area contributed by atoms with Crippen molar-refractivity contribution in [3.63, 3.8) is 0 Å². The number of rotatable bonds is 3. The summed E-state index contributed by atoms with van der Waals surface area (Å²) in [6.45, 7) is 2.53. The molecule has 17 heavy (non-hydrogen) atoms. The molecule has 0 unspecified atom stereocenters. The highest BCUT2D eigenvalue weighted by Crippen LogP contribution is 2.25. The highest BCUT2D eigenvalue weighted by atomic mass is 16.5. The zero-order valence-corrected chi connectivity index (χ0v) is 9.73. The fraction of sp³-hybridized carbons (Fsp3) is 0.417. The summed E-state index contributed by atoms with van der Waals surface area (Å²) < 4.78 is 5.02. The molecule has 0 fully saturated rings. The lowest BCUT2D eigenvalue weighted by Crippen LogP contribution is -2.05. The van der Waals surface area contributed by atoms with E-state index in [0.29, 0.717) is 6.54 Å². The minimum absolute atomic E-state index is 0.640. The van der Waals surface area contributed by atoms with Crippen molar-refractivity contribution >= 4 is 5.82 Å². The molecule has 0 spiro atoms. The summed E-state index contributed by atoms with van der Waals surface area (Å²) in [4.78, 5) is 8.59. The van der Waals surface area contributed by atoms with E-state index >= 15 is 0 Å². The Morgan fingerprint density at radius 2 is 2.29 bits per heavy atom. The Hall–Kier alpha value is -1.91. The number of aromatic nitrogens is 3. The molecule has 2 aromatic heterocycles. The Morgan fingerprint density at radius 1 is 1.35 bits per heavy atom. The molecule has 3 rings (SSSR count).